The maximum Gasteiger partial charge on any atom is 0.472 e. The maximum atomic E-state index is 11.4. The normalized spacial score (nSPS) is 50.2. The molecule has 1 aliphatic carbocycles. The van der Waals surface area contributed by atoms with Gasteiger partial charge in [0.2, 0.25) is 0 Å². The SMILES string of the molecule is O=P1(O)OCCO[C@@H]2C[C@H](O)C[C@@H](O)[C@H]2O1. The second kappa shape index (κ2) is 4.70. The number of aliphatic hydroxyl groups excluding tert-OH is 2. The molecule has 5 atom stereocenters. The van der Waals surface area contributed by atoms with Crippen molar-refractivity contribution in [1.82, 2.24) is 0 Å². The van der Waals surface area contributed by atoms with Crippen LogP contribution in [0.25, 0.3) is 0 Å². The fourth-order valence-corrected chi connectivity index (χ4v) is 2.95. The number of fused-ring (bicyclic) bond motifs is 1. The molecule has 1 unspecified atom stereocenters. The zero-order valence-corrected chi connectivity index (χ0v) is 9.45. The van der Waals surface area contributed by atoms with Gasteiger partial charge in [0.05, 0.1) is 31.5 Å². The highest BCUT2D eigenvalue weighted by Crippen LogP contribution is 2.47. The molecule has 0 bridgehead atoms. The Hall–Kier alpha value is -0.0100. The highest BCUT2D eigenvalue weighted by atomic mass is 31.2. The van der Waals surface area contributed by atoms with E-state index in [1.165, 1.54) is 0 Å². The predicted molar refractivity (Wildman–Crippen MR) is 51.6 cm³/mol. The molecule has 1 saturated carbocycles. The summed E-state index contributed by atoms with van der Waals surface area (Å²) in [5, 5.41) is 19.1. The van der Waals surface area contributed by atoms with E-state index in [0.717, 1.165) is 0 Å². The number of hydrogen-bond donors (Lipinski definition) is 3. The minimum Gasteiger partial charge on any atom is -0.393 e. The summed E-state index contributed by atoms with van der Waals surface area (Å²) < 4.78 is 26.1. The number of phosphoric ester groups is 1. The van der Waals surface area contributed by atoms with Gasteiger partial charge in [0, 0.05) is 12.8 Å². The van der Waals surface area contributed by atoms with E-state index >= 15 is 0 Å². The zero-order chi connectivity index (χ0) is 11.8. The summed E-state index contributed by atoms with van der Waals surface area (Å²) in [4.78, 5) is 9.28. The molecule has 0 aromatic heterocycles. The Balaban J connectivity index is 2.13. The zero-order valence-electron chi connectivity index (χ0n) is 8.56. The summed E-state index contributed by atoms with van der Waals surface area (Å²) in [6.07, 6.45) is -2.84. The highest BCUT2D eigenvalue weighted by molar-refractivity contribution is 7.47. The third-order valence-corrected chi connectivity index (χ3v) is 3.71. The molecule has 8 heteroatoms. The van der Waals surface area contributed by atoms with Crippen LogP contribution in [-0.4, -0.2) is 52.7 Å². The van der Waals surface area contributed by atoms with Gasteiger partial charge in [-0.05, 0) is 0 Å². The Labute approximate surface area is 92.6 Å². The van der Waals surface area contributed by atoms with Crippen LogP contribution in [0.3, 0.4) is 0 Å². The monoisotopic (exact) mass is 254 g/mol. The van der Waals surface area contributed by atoms with Gasteiger partial charge in [0.25, 0.3) is 0 Å². The first-order chi connectivity index (χ1) is 7.48. The molecule has 1 heterocycles. The smallest absolute Gasteiger partial charge is 0.393 e. The van der Waals surface area contributed by atoms with Gasteiger partial charge in [0.1, 0.15) is 6.10 Å². The van der Waals surface area contributed by atoms with Crippen LogP contribution in [0.15, 0.2) is 0 Å². The van der Waals surface area contributed by atoms with Crippen LogP contribution < -0.4 is 0 Å². The average molecular weight is 254 g/mol. The Morgan fingerprint density at radius 1 is 1.19 bits per heavy atom. The summed E-state index contributed by atoms with van der Waals surface area (Å²) >= 11 is 0. The van der Waals surface area contributed by atoms with Crippen molar-refractivity contribution in [2.24, 2.45) is 0 Å². The summed E-state index contributed by atoms with van der Waals surface area (Å²) in [5.74, 6) is 0. The quantitative estimate of drug-likeness (QED) is 0.496. The van der Waals surface area contributed by atoms with Gasteiger partial charge in [-0.1, -0.05) is 0 Å². The van der Waals surface area contributed by atoms with Crippen LogP contribution in [0, 0.1) is 0 Å². The van der Waals surface area contributed by atoms with Crippen molar-refractivity contribution in [1.29, 1.82) is 0 Å². The van der Waals surface area contributed by atoms with Crippen molar-refractivity contribution in [2.45, 2.75) is 37.3 Å². The van der Waals surface area contributed by atoms with Crippen LogP contribution in [0.1, 0.15) is 12.8 Å². The molecule has 2 aliphatic rings. The van der Waals surface area contributed by atoms with E-state index in [2.05, 4.69) is 4.52 Å². The van der Waals surface area contributed by atoms with E-state index in [-0.39, 0.29) is 26.1 Å². The second-order valence-electron chi connectivity index (χ2n) is 3.97. The van der Waals surface area contributed by atoms with Gasteiger partial charge in [-0.25, -0.2) is 4.57 Å². The Morgan fingerprint density at radius 3 is 2.69 bits per heavy atom. The van der Waals surface area contributed by atoms with E-state index in [1.54, 1.807) is 0 Å². The van der Waals surface area contributed by atoms with E-state index in [9.17, 15) is 19.7 Å². The van der Waals surface area contributed by atoms with Crippen LogP contribution in [0.2, 0.25) is 0 Å². The second-order valence-corrected chi connectivity index (χ2v) is 5.38. The average Bonchev–Trinajstić information content (AvgIpc) is 2.15. The summed E-state index contributed by atoms with van der Waals surface area (Å²) in [5.41, 5.74) is 0. The van der Waals surface area contributed by atoms with Gasteiger partial charge in [0.15, 0.2) is 0 Å². The van der Waals surface area contributed by atoms with Crippen molar-refractivity contribution in [3.05, 3.63) is 0 Å². The summed E-state index contributed by atoms with van der Waals surface area (Å²) in [6, 6.07) is 0. The van der Waals surface area contributed by atoms with Crippen molar-refractivity contribution < 1.29 is 33.5 Å². The molecular formula is C8H15O7P. The van der Waals surface area contributed by atoms with Crippen molar-refractivity contribution in [2.75, 3.05) is 13.2 Å². The molecule has 0 aromatic carbocycles. The van der Waals surface area contributed by atoms with Gasteiger partial charge >= 0.3 is 7.82 Å². The van der Waals surface area contributed by atoms with Crippen LogP contribution in [-0.2, 0) is 18.3 Å². The molecule has 1 aliphatic heterocycles. The number of aliphatic hydroxyl groups is 2. The largest absolute Gasteiger partial charge is 0.472 e. The van der Waals surface area contributed by atoms with Crippen LogP contribution >= 0.6 is 7.82 Å². The fourth-order valence-electron chi connectivity index (χ4n) is 2.00. The minimum absolute atomic E-state index is 0.0524. The molecule has 7 nitrogen and oxygen atoms in total. The Bertz CT molecular complexity index is 296. The van der Waals surface area contributed by atoms with Crippen molar-refractivity contribution in [3.63, 3.8) is 0 Å². The van der Waals surface area contributed by atoms with E-state index in [0.29, 0.717) is 0 Å². The molecule has 0 spiro atoms. The van der Waals surface area contributed by atoms with Gasteiger partial charge in [-0.3, -0.25) is 9.05 Å². The predicted octanol–water partition coefficient (Wildman–Crippen LogP) is -0.597. The highest BCUT2D eigenvalue weighted by Gasteiger charge is 2.43. The first kappa shape index (κ1) is 12.4. The fraction of sp³-hybridized carbons (Fsp3) is 1.00. The lowest BCUT2D eigenvalue weighted by Crippen LogP contribution is -2.49. The molecule has 1 saturated heterocycles. The third kappa shape index (κ3) is 2.81. The van der Waals surface area contributed by atoms with Gasteiger partial charge in [-0.2, -0.15) is 0 Å². The molecule has 2 fully saturated rings. The molecule has 94 valence electrons. The Morgan fingerprint density at radius 2 is 1.94 bits per heavy atom. The lowest BCUT2D eigenvalue weighted by Gasteiger charge is -2.38. The first-order valence-corrected chi connectivity index (χ1v) is 6.61. The summed E-state index contributed by atoms with van der Waals surface area (Å²) in [7, 11) is -4.13. The van der Waals surface area contributed by atoms with Gasteiger partial charge in [-0.15, -0.1) is 0 Å². The van der Waals surface area contributed by atoms with Crippen molar-refractivity contribution in [3.8, 4) is 0 Å². The molecule has 0 aromatic rings. The number of ether oxygens (including phenoxy) is 1. The number of hydrogen-bond acceptors (Lipinski definition) is 6. The standard InChI is InChI=1S/C8H15O7P/c9-5-3-6(10)8-7(4-5)13-1-2-14-16(11,12)15-8/h5-10H,1-4H2,(H,11,12)/t5-,6-,7-,8-/m1/s1. The molecule has 2 rings (SSSR count). The molecule has 3 N–H and O–H groups in total. The number of rotatable bonds is 0. The Kier molecular flexibility index (Phi) is 3.65. The lowest BCUT2D eigenvalue weighted by atomic mass is 9.90. The molecule has 16 heavy (non-hydrogen) atoms. The lowest BCUT2D eigenvalue weighted by molar-refractivity contribution is -0.150. The van der Waals surface area contributed by atoms with Gasteiger partial charge < -0.3 is 19.8 Å². The first-order valence-electron chi connectivity index (χ1n) is 5.11. The minimum atomic E-state index is -4.13. The van der Waals surface area contributed by atoms with Crippen LogP contribution in [0.5, 0.6) is 0 Å². The van der Waals surface area contributed by atoms with Crippen molar-refractivity contribution >= 4 is 7.82 Å². The number of phosphoric acid groups is 1. The van der Waals surface area contributed by atoms with Crippen LogP contribution in [0.4, 0.5) is 0 Å². The van der Waals surface area contributed by atoms with E-state index in [4.69, 9.17) is 9.26 Å². The maximum absolute atomic E-state index is 11.4. The summed E-state index contributed by atoms with van der Waals surface area (Å²) in [6.45, 7) is 0.0811. The van der Waals surface area contributed by atoms with E-state index in [1.807, 2.05) is 0 Å². The molecule has 0 amide bonds. The van der Waals surface area contributed by atoms with E-state index < -0.39 is 32.2 Å². The molecule has 0 radical (unpaired) electrons. The third-order valence-electron chi connectivity index (χ3n) is 2.69. The molecular weight excluding hydrogens is 239 g/mol. The topological polar surface area (TPSA) is 105 Å².